The first kappa shape index (κ1) is 15.0. The molecule has 2 amide bonds. The molecule has 3 atom stereocenters. The zero-order chi connectivity index (χ0) is 15.8. The van der Waals surface area contributed by atoms with Crippen LogP contribution in [0.3, 0.4) is 0 Å². The van der Waals surface area contributed by atoms with E-state index >= 15 is 0 Å². The van der Waals surface area contributed by atoms with Gasteiger partial charge in [-0.25, -0.2) is 4.79 Å². The number of hydrogen-bond acceptors (Lipinski definition) is 2. The highest BCUT2D eigenvalue weighted by Crippen LogP contribution is 2.41. The molecule has 2 bridgehead atoms. The first-order valence-corrected chi connectivity index (χ1v) is 9.10. The Bertz CT molecular complexity index is 570. The van der Waals surface area contributed by atoms with Crippen molar-refractivity contribution in [1.29, 1.82) is 0 Å². The number of hydrogen-bond donors (Lipinski definition) is 2. The largest absolute Gasteiger partial charge is 0.335 e. The van der Waals surface area contributed by atoms with Crippen molar-refractivity contribution in [2.45, 2.75) is 76.0 Å². The Morgan fingerprint density at radius 3 is 2.48 bits per heavy atom. The molecule has 23 heavy (non-hydrogen) atoms. The normalized spacial score (nSPS) is 30.7. The Labute approximate surface area is 138 Å². The highest BCUT2D eigenvalue weighted by molar-refractivity contribution is 5.89. The minimum absolute atomic E-state index is 0.0569. The number of carbonyl (C=O) groups excluding carboxylic acids is 1. The summed E-state index contributed by atoms with van der Waals surface area (Å²) in [5.74, 6) is 0. The van der Waals surface area contributed by atoms with E-state index in [9.17, 15) is 4.79 Å². The quantitative estimate of drug-likeness (QED) is 0.894. The number of aryl methyl sites for hydroxylation is 1. The molecule has 1 aliphatic carbocycles. The number of benzene rings is 1. The van der Waals surface area contributed by atoms with E-state index in [2.05, 4.69) is 15.5 Å². The molecule has 124 valence electrons. The van der Waals surface area contributed by atoms with Crippen molar-refractivity contribution in [1.82, 2.24) is 10.2 Å². The van der Waals surface area contributed by atoms with Gasteiger partial charge in [0.05, 0.1) is 0 Å². The molecule has 2 saturated heterocycles. The zero-order valence-corrected chi connectivity index (χ0v) is 13.9. The SMILES string of the molecule is Cc1cccc(NC(=O)NC2C[C@H]3CCC[C@@H](C2)N3C2CC2)c1. The van der Waals surface area contributed by atoms with Gasteiger partial charge in [0.25, 0.3) is 0 Å². The third-order valence-corrected chi connectivity index (χ3v) is 5.61. The van der Waals surface area contributed by atoms with Crippen LogP contribution >= 0.6 is 0 Å². The Kier molecular flexibility index (Phi) is 4.02. The second-order valence-corrected chi connectivity index (χ2v) is 7.55. The maximum Gasteiger partial charge on any atom is 0.319 e. The summed E-state index contributed by atoms with van der Waals surface area (Å²) in [6.45, 7) is 2.04. The standard InChI is InChI=1S/C19H27N3O/c1-13-4-2-5-14(10-13)20-19(23)21-15-11-17-6-3-7-18(12-15)22(17)16-8-9-16/h2,4-5,10,15-18H,3,6-9,11-12H2,1H3,(H2,20,21,23)/t15?,17-,18+. The zero-order valence-electron chi connectivity index (χ0n) is 13.9. The van der Waals surface area contributed by atoms with E-state index in [1.54, 1.807) is 0 Å². The molecule has 1 unspecified atom stereocenters. The van der Waals surface area contributed by atoms with E-state index in [1.807, 2.05) is 31.2 Å². The van der Waals surface area contributed by atoms with Gasteiger partial charge in [-0.2, -0.15) is 0 Å². The molecule has 1 saturated carbocycles. The van der Waals surface area contributed by atoms with Crippen LogP contribution in [0.1, 0.15) is 50.5 Å². The smallest absolute Gasteiger partial charge is 0.319 e. The Balaban J connectivity index is 1.35. The fourth-order valence-electron chi connectivity index (χ4n) is 4.58. The van der Waals surface area contributed by atoms with E-state index < -0.39 is 0 Å². The van der Waals surface area contributed by atoms with Crippen LogP contribution in [0.5, 0.6) is 0 Å². The molecule has 0 aromatic heterocycles. The number of carbonyl (C=O) groups is 1. The van der Waals surface area contributed by atoms with Crippen LogP contribution in [0.4, 0.5) is 10.5 Å². The van der Waals surface area contributed by atoms with E-state index in [0.717, 1.165) is 30.1 Å². The molecule has 0 radical (unpaired) electrons. The molecule has 2 N–H and O–H groups in total. The Morgan fingerprint density at radius 1 is 1.09 bits per heavy atom. The number of nitrogens with zero attached hydrogens (tertiary/aromatic N) is 1. The van der Waals surface area contributed by atoms with Crippen LogP contribution in [0.2, 0.25) is 0 Å². The Morgan fingerprint density at radius 2 is 1.83 bits per heavy atom. The highest BCUT2D eigenvalue weighted by Gasteiger charge is 2.45. The van der Waals surface area contributed by atoms with Crippen molar-refractivity contribution in [3.63, 3.8) is 0 Å². The predicted molar refractivity (Wildman–Crippen MR) is 92.6 cm³/mol. The average Bonchev–Trinajstić information content (AvgIpc) is 3.30. The summed E-state index contributed by atoms with van der Waals surface area (Å²) in [7, 11) is 0. The van der Waals surface area contributed by atoms with Gasteiger partial charge in [0.2, 0.25) is 0 Å². The molecule has 4 nitrogen and oxygen atoms in total. The topological polar surface area (TPSA) is 44.4 Å². The molecule has 2 heterocycles. The summed E-state index contributed by atoms with van der Waals surface area (Å²) in [5, 5.41) is 6.20. The number of urea groups is 1. The van der Waals surface area contributed by atoms with Gasteiger partial charge in [0.15, 0.2) is 0 Å². The number of anilines is 1. The van der Waals surface area contributed by atoms with Gasteiger partial charge in [-0.05, 0) is 63.1 Å². The predicted octanol–water partition coefficient (Wildman–Crippen LogP) is 3.66. The van der Waals surface area contributed by atoms with Crippen LogP contribution in [0.25, 0.3) is 0 Å². The number of amides is 2. The monoisotopic (exact) mass is 313 g/mol. The van der Waals surface area contributed by atoms with Crippen molar-refractivity contribution in [3.8, 4) is 0 Å². The number of rotatable bonds is 3. The molecule has 0 spiro atoms. The first-order valence-electron chi connectivity index (χ1n) is 9.10. The van der Waals surface area contributed by atoms with Crippen LogP contribution in [-0.4, -0.2) is 35.1 Å². The minimum Gasteiger partial charge on any atom is -0.335 e. The maximum absolute atomic E-state index is 12.3. The third kappa shape index (κ3) is 3.37. The summed E-state index contributed by atoms with van der Waals surface area (Å²) in [4.78, 5) is 15.1. The van der Waals surface area contributed by atoms with Gasteiger partial charge in [-0.3, -0.25) is 4.90 Å². The average molecular weight is 313 g/mol. The highest BCUT2D eigenvalue weighted by atomic mass is 16.2. The molecule has 3 aliphatic rings. The van der Waals surface area contributed by atoms with Crippen LogP contribution < -0.4 is 10.6 Å². The lowest BCUT2D eigenvalue weighted by molar-refractivity contribution is 0.0198. The van der Waals surface area contributed by atoms with Crippen LogP contribution in [-0.2, 0) is 0 Å². The first-order chi connectivity index (χ1) is 11.2. The molecular formula is C19H27N3O. The van der Waals surface area contributed by atoms with E-state index in [-0.39, 0.29) is 6.03 Å². The van der Waals surface area contributed by atoms with E-state index in [1.165, 1.54) is 32.1 Å². The van der Waals surface area contributed by atoms with Gasteiger partial charge in [0.1, 0.15) is 0 Å². The second-order valence-electron chi connectivity index (χ2n) is 7.55. The van der Waals surface area contributed by atoms with Crippen molar-refractivity contribution in [2.24, 2.45) is 0 Å². The second kappa shape index (κ2) is 6.16. The lowest BCUT2D eigenvalue weighted by atomic mass is 9.81. The molecule has 2 aliphatic heterocycles. The summed E-state index contributed by atoms with van der Waals surface area (Å²) < 4.78 is 0. The van der Waals surface area contributed by atoms with Crippen LogP contribution in [0.15, 0.2) is 24.3 Å². The molecular weight excluding hydrogens is 286 g/mol. The van der Waals surface area contributed by atoms with Crippen molar-refractivity contribution in [3.05, 3.63) is 29.8 Å². The van der Waals surface area contributed by atoms with Crippen molar-refractivity contribution >= 4 is 11.7 Å². The maximum atomic E-state index is 12.3. The molecule has 3 fully saturated rings. The molecule has 4 rings (SSSR count). The van der Waals surface area contributed by atoms with E-state index in [4.69, 9.17) is 0 Å². The summed E-state index contributed by atoms with van der Waals surface area (Å²) in [6.07, 6.45) is 9.00. The van der Waals surface area contributed by atoms with Gasteiger partial charge in [-0.1, -0.05) is 18.6 Å². The van der Waals surface area contributed by atoms with Gasteiger partial charge < -0.3 is 10.6 Å². The van der Waals surface area contributed by atoms with Crippen molar-refractivity contribution < 1.29 is 4.79 Å². The van der Waals surface area contributed by atoms with E-state index in [0.29, 0.717) is 18.1 Å². The lowest BCUT2D eigenvalue weighted by Crippen LogP contribution is -2.58. The number of piperidine rings is 2. The summed E-state index contributed by atoms with van der Waals surface area (Å²) in [5.41, 5.74) is 2.04. The fourth-order valence-corrected chi connectivity index (χ4v) is 4.58. The van der Waals surface area contributed by atoms with Gasteiger partial charge in [-0.15, -0.1) is 0 Å². The summed E-state index contributed by atoms with van der Waals surface area (Å²) in [6, 6.07) is 10.5. The third-order valence-electron chi connectivity index (χ3n) is 5.61. The Hall–Kier alpha value is -1.55. The minimum atomic E-state index is -0.0569. The molecule has 1 aromatic carbocycles. The van der Waals surface area contributed by atoms with Gasteiger partial charge >= 0.3 is 6.03 Å². The number of fused-ring (bicyclic) bond motifs is 2. The van der Waals surface area contributed by atoms with Crippen LogP contribution in [0, 0.1) is 6.92 Å². The molecule has 1 aromatic rings. The molecule has 4 heteroatoms. The van der Waals surface area contributed by atoms with Gasteiger partial charge in [0, 0.05) is 29.9 Å². The fraction of sp³-hybridized carbons (Fsp3) is 0.632. The summed E-state index contributed by atoms with van der Waals surface area (Å²) >= 11 is 0. The lowest BCUT2D eigenvalue weighted by Gasteiger charge is -2.49. The van der Waals surface area contributed by atoms with Crippen molar-refractivity contribution in [2.75, 3.05) is 5.32 Å². The number of nitrogens with one attached hydrogen (secondary N) is 2.